The van der Waals surface area contributed by atoms with E-state index in [0.29, 0.717) is 32.6 Å². The van der Waals surface area contributed by atoms with E-state index in [1.165, 1.54) is 23.4 Å². The molecule has 0 bridgehead atoms. The van der Waals surface area contributed by atoms with Gasteiger partial charge < -0.3 is 24.8 Å². The maximum atomic E-state index is 11.4. The summed E-state index contributed by atoms with van der Waals surface area (Å²) in [5.74, 6) is -0.139. The van der Waals surface area contributed by atoms with Crippen LogP contribution in [0, 0.1) is 0 Å². The first-order valence-electron chi connectivity index (χ1n) is 9.49. The number of alkyl carbamates (subject to hydrolysis) is 1. The molecular weight excluding hydrogens is 360 g/mol. The van der Waals surface area contributed by atoms with Gasteiger partial charge in [0.15, 0.2) is 12.9 Å². The number of fused-ring (bicyclic) bond motifs is 1. The van der Waals surface area contributed by atoms with Gasteiger partial charge in [-0.3, -0.25) is 4.79 Å². The van der Waals surface area contributed by atoms with E-state index in [2.05, 4.69) is 41.0 Å². The Morgan fingerprint density at radius 2 is 1.86 bits per heavy atom. The number of hydrogen-bond donors (Lipinski definition) is 2. The van der Waals surface area contributed by atoms with Crippen LogP contribution in [0.5, 0.6) is 0 Å². The average molecular weight is 386 g/mol. The minimum atomic E-state index is -0.606. The molecule has 0 unspecified atom stereocenters. The largest absolute Gasteiger partial charge is 0.439 e. The second-order valence-electron chi connectivity index (χ2n) is 6.68. The maximum absolute atomic E-state index is 11.4. The topological polar surface area (TPSA) is 85.9 Å². The third-order valence-corrected chi connectivity index (χ3v) is 4.73. The minimum Gasteiger partial charge on any atom is -0.439 e. The number of carbonyl (C=O) groups excluding carboxylic acids is 2. The Kier molecular flexibility index (Phi) is 7.22. The Bertz CT molecular complexity index is 797. The van der Waals surface area contributed by atoms with Gasteiger partial charge >= 0.3 is 6.09 Å². The molecule has 0 atom stereocenters. The molecule has 7 heteroatoms. The number of benzene rings is 2. The van der Waals surface area contributed by atoms with Crippen LogP contribution >= 0.6 is 0 Å². The molecule has 0 radical (unpaired) electrons. The predicted molar refractivity (Wildman–Crippen MR) is 105 cm³/mol. The molecule has 1 aliphatic rings. The first-order valence-corrected chi connectivity index (χ1v) is 9.49. The van der Waals surface area contributed by atoms with Crippen molar-refractivity contribution in [3.05, 3.63) is 48.0 Å². The summed E-state index contributed by atoms with van der Waals surface area (Å²) in [7, 11) is 1.48. The standard InChI is InChI=1S/C21H26N2O5/c1-22-19(24)14-28-21(25)23-11-5-10-20-26-12-16(13-27-20)18-9-4-7-15-6-2-3-8-17(15)18/h2-4,6-9,16,20H,5,10-14H2,1H3,(H,22,24)(H,23,25). The second kappa shape index (κ2) is 10.1. The fraction of sp³-hybridized carbons (Fsp3) is 0.429. The van der Waals surface area contributed by atoms with E-state index in [9.17, 15) is 9.59 Å². The van der Waals surface area contributed by atoms with Crippen LogP contribution in [0.1, 0.15) is 24.3 Å². The summed E-state index contributed by atoms with van der Waals surface area (Å²) in [6.07, 6.45) is 0.497. The van der Waals surface area contributed by atoms with Crippen molar-refractivity contribution < 1.29 is 23.8 Å². The number of rotatable bonds is 7. The van der Waals surface area contributed by atoms with Crippen molar-refractivity contribution in [3.63, 3.8) is 0 Å². The van der Waals surface area contributed by atoms with Crippen molar-refractivity contribution in [1.29, 1.82) is 0 Å². The Hall–Kier alpha value is -2.64. The third kappa shape index (κ3) is 5.43. The first kappa shape index (κ1) is 20.1. The maximum Gasteiger partial charge on any atom is 0.407 e. The lowest BCUT2D eigenvalue weighted by molar-refractivity contribution is -0.189. The number of carbonyl (C=O) groups is 2. The highest BCUT2D eigenvalue weighted by atomic mass is 16.7. The van der Waals surface area contributed by atoms with Gasteiger partial charge in [-0.1, -0.05) is 42.5 Å². The SMILES string of the molecule is CNC(=O)COC(=O)NCCCC1OCC(c2cccc3ccccc23)CO1. The monoisotopic (exact) mass is 386 g/mol. The zero-order valence-electron chi connectivity index (χ0n) is 16.0. The summed E-state index contributed by atoms with van der Waals surface area (Å²) < 4.78 is 16.5. The van der Waals surface area contributed by atoms with Crippen LogP contribution in [0.25, 0.3) is 10.8 Å². The summed E-state index contributed by atoms with van der Waals surface area (Å²) >= 11 is 0. The van der Waals surface area contributed by atoms with Gasteiger partial charge in [-0.25, -0.2) is 4.79 Å². The molecule has 150 valence electrons. The smallest absolute Gasteiger partial charge is 0.407 e. The van der Waals surface area contributed by atoms with Gasteiger partial charge in [0, 0.05) is 25.9 Å². The summed E-state index contributed by atoms with van der Waals surface area (Å²) in [5.41, 5.74) is 1.25. The number of likely N-dealkylation sites (N-methyl/N-ethyl adjacent to an activating group) is 1. The Labute approximate surface area is 164 Å². The van der Waals surface area contributed by atoms with Crippen LogP contribution in [-0.2, 0) is 19.0 Å². The summed E-state index contributed by atoms with van der Waals surface area (Å²) in [6, 6.07) is 14.6. The Morgan fingerprint density at radius 3 is 2.64 bits per heavy atom. The van der Waals surface area contributed by atoms with Crippen molar-refractivity contribution >= 4 is 22.8 Å². The number of hydrogen-bond acceptors (Lipinski definition) is 5. The van der Waals surface area contributed by atoms with Gasteiger partial charge in [-0.05, 0) is 22.8 Å². The van der Waals surface area contributed by atoms with Gasteiger partial charge in [0.05, 0.1) is 13.2 Å². The van der Waals surface area contributed by atoms with E-state index in [1.54, 1.807) is 0 Å². The fourth-order valence-corrected chi connectivity index (χ4v) is 3.21. The molecule has 2 aromatic carbocycles. The molecule has 0 aromatic heterocycles. The van der Waals surface area contributed by atoms with Gasteiger partial charge in [-0.15, -0.1) is 0 Å². The molecule has 1 aliphatic heterocycles. The van der Waals surface area contributed by atoms with Crippen LogP contribution in [0.4, 0.5) is 4.79 Å². The normalized spacial score (nSPS) is 19.2. The van der Waals surface area contributed by atoms with E-state index in [1.807, 2.05) is 12.1 Å². The van der Waals surface area contributed by atoms with Gasteiger partial charge in [0.1, 0.15) is 0 Å². The molecular formula is C21H26N2O5. The van der Waals surface area contributed by atoms with Crippen molar-refractivity contribution in [2.45, 2.75) is 25.0 Å². The molecule has 1 saturated heterocycles. The fourth-order valence-electron chi connectivity index (χ4n) is 3.21. The van der Waals surface area contributed by atoms with E-state index < -0.39 is 6.09 Å². The number of ether oxygens (including phenoxy) is 3. The van der Waals surface area contributed by atoms with Crippen molar-refractivity contribution in [3.8, 4) is 0 Å². The Balaban J connectivity index is 1.38. The molecule has 1 heterocycles. The van der Waals surface area contributed by atoms with Crippen LogP contribution in [0.2, 0.25) is 0 Å². The minimum absolute atomic E-state index is 0.208. The van der Waals surface area contributed by atoms with E-state index >= 15 is 0 Å². The predicted octanol–water partition coefficient (Wildman–Crippen LogP) is 2.55. The molecule has 28 heavy (non-hydrogen) atoms. The second-order valence-corrected chi connectivity index (χ2v) is 6.68. The van der Waals surface area contributed by atoms with Crippen LogP contribution in [0.3, 0.4) is 0 Å². The zero-order valence-corrected chi connectivity index (χ0v) is 16.0. The molecule has 0 saturated carbocycles. The lowest BCUT2D eigenvalue weighted by atomic mass is 9.94. The van der Waals surface area contributed by atoms with E-state index in [-0.39, 0.29) is 24.7 Å². The quantitative estimate of drug-likeness (QED) is 0.715. The highest BCUT2D eigenvalue weighted by Crippen LogP contribution is 2.29. The lowest BCUT2D eigenvalue weighted by Crippen LogP contribution is -2.33. The number of amides is 2. The van der Waals surface area contributed by atoms with Crippen molar-refractivity contribution in [2.24, 2.45) is 0 Å². The molecule has 2 amide bonds. The van der Waals surface area contributed by atoms with Crippen molar-refractivity contribution in [2.75, 3.05) is 33.4 Å². The van der Waals surface area contributed by atoms with Crippen molar-refractivity contribution in [1.82, 2.24) is 10.6 Å². The van der Waals surface area contributed by atoms with Crippen LogP contribution in [-0.4, -0.2) is 51.7 Å². The van der Waals surface area contributed by atoms with Gasteiger partial charge in [-0.2, -0.15) is 0 Å². The molecule has 7 nitrogen and oxygen atoms in total. The highest BCUT2D eigenvalue weighted by Gasteiger charge is 2.24. The number of nitrogens with one attached hydrogen (secondary N) is 2. The third-order valence-electron chi connectivity index (χ3n) is 4.73. The molecule has 2 aromatic rings. The van der Waals surface area contributed by atoms with Gasteiger partial charge in [0.25, 0.3) is 5.91 Å². The lowest BCUT2D eigenvalue weighted by Gasteiger charge is -2.30. The van der Waals surface area contributed by atoms with Crippen LogP contribution in [0.15, 0.2) is 42.5 Å². The summed E-state index contributed by atoms with van der Waals surface area (Å²) in [5, 5.41) is 7.44. The van der Waals surface area contributed by atoms with E-state index in [0.717, 1.165) is 0 Å². The van der Waals surface area contributed by atoms with Gasteiger partial charge in [0.2, 0.25) is 0 Å². The molecule has 2 N–H and O–H groups in total. The molecule has 3 rings (SSSR count). The summed E-state index contributed by atoms with van der Waals surface area (Å²) in [4.78, 5) is 22.5. The molecule has 0 spiro atoms. The highest BCUT2D eigenvalue weighted by molar-refractivity contribution is 5.86. The first-order chi connectivity index (χ1) is 13.7. The Morgan fingerprint density at radius 1 is 1.11 bits per heavy atom. The average Bonchev–Trinajstić information content (AvgIpc) is 2.75. The molecule has 1 fully saturated rings. The molecule has 0 aliphatic carbocycles. The van der Waals surface area contributed by atoms with Crippen LogP contribution < -0.4 is 10.6 Å². The van der Waals surface area contributed by atoms with E-state index in [4.69, 9.17) is 14.2 Å². The summed E-state index contributed by atoms with van der Waals surface area (Å²) in [6.45, 7) is 1.37. The zero-order chi connectivity index (χ0) is 19.8.